The van der Waals surface area contributed by atoms with Crippen LogP contribution in [0.4, 0.5) is 0 Å². The molecule has 0 aliphatic carbocycles. The van der Waals surface area contributed by atoms with E-state index in [1.165, 1.54) is 7.11 Å². The molecule has 0 radical (unpaired) electrons. The Labute approximate surface area is 95.1 Å². The van der Waals surface area contributed by atoms with E-state index in [4.69, 9.17) is 4.74 Å². The van der Waals surface area contributed by atoms with Crippen LogP contribution in [0, 0.1) is 5.92 Å². The molecule has 2 fully saturated rings. The van der Waals surface area contributed by atoms with Gasteiger partial charge in [0.15, 0.2) is 5.78 Å². The van der Waals surface area contributed by atoms with Crippen LogP contribution < -0.4 is 5.32 Å². The molecule has 0 saturated carbocycles. The zero-order valence-corrected chi connectivity index (χ0v) is 9.57. The van der Waals surface area contributed by atoms with Crippen molar-refractivity contribution in [3.05, 3.63) is 0 Å². The van der Waals surface area contributed by atoms with Crippen molar-refractivity contribution >= 4 is 11.7 Å². The quantitative estimate of drug-likeness (QED) is 0.696. The van der Waals surface area contributed by atoms with Gasteiger partial charge in [-0.1, -0.05) is 0 Å². The first-order chi connectivity index (χ1) is 7.72. The molecule has 90 valence electrons. The minimum Gasteiger partial charge on any atom is -0.377 e. The highest BCUT2D eigenvalue weighted by Gasteiger charge is 2.40. The second-order valence-electron chi connectivity index (χ2n) is 4.50. The summed E-state index contributed by atoms with van der Waals surface area (Å²) in [6.45, 7) is 2.16. The molecule has 1 N–H and O–H groups in total. The molecule has 2 heterocycles. The van der Waals surface area contributed by atoms with Crippen LogP contribution in [0.15, 0.2) is 0 Å². The maximum absolute atomic E-state index is 11.5. The Hall–Kier alpha value is -0.940. The third-order valence-corrected chi connectivity index (χ3v) is 3.40. The number of likely N-dealkylation sites (tertiary alicyclic amines) is 1. The Morgan fingerprint density at radius 3 is 3.19 bits per heavy atom. The molecule has 2 aliphatic heterocycles. The van der Waals surface area contributed by atoms with Gasteiger partial charge in [0.05, 0.1) is 12.5 Å². The van der Waals surface area contributed by atoms with E-state index in [-0.39, 0.29) is 30.3 Å². The first-order valence-electron chi connectivity index (χ1n) is 5.74. The molecule has 2 atom stereocenters. The van der Waals surface area contributed by atoms with Gasteiger partial charge < -0.3 is 10.1 Å². The van der Waals surface area contributed by atoms with Crippen LogP contribution in [-0.4, -0.2) is 56.0 Å². The number of nitrogens with zero attached hydrogens (tertiary/aromatic N) is 1. The third-order valence-electron chi connectivity index (χ3n) is 3.40. The van der Waals surface area contributed by atoms with E-state index < -0.39 is 0 Å². The van der Waals surface area contributed by atoms with E-state index in [2.05, 4.69) is 10.2 Å². The van der Waals surface area contributed by atoms with Gasteiger partial charge in [-0.25, -0.2) is 0 Å². The standard InChI is InChI=1S/C11H18N2O3/c1-16-7-8(14)6-13-4-2-3-9-10(13)5-12-11(9)15/h9-10H,2-7H2,1H3,(H,12,15). The average Bonchev–Trinajstić information content (AvgIpc) is 2.62. The van der Waals surface area contributed by atoms with Gasteiger partial charge in [-0.3, -0.25) is 14.5 Å². The van der Waals surface area contributed by atoms with Gasteiger partial charge in [0.1, 0.15) is 6.61 Å². The molecule has 2 aliphatic rings. The fourth-order valence-electron chi connectivity index (χ4n) is 2.67. The summed E-state index contributed by atoms with van der Waals surface area (Å²) in [4.78, 5) is 25.1. The Bertz CT molecular complexity index is 293. The fourth-order valence-corrected chi connectivity index (χ4v) is 2.67. The molecule has 0 bridgehead atoms. The number of ketones is 1. The molecule has 16 heavy (non-hydrogen) atoms. The number of fused-ring (bicyclic) bond motifs is 1. The van der Waals surface area contributed by atoms with Crippen molar-refractivity contribution in [2.75, 3.05) is 33.4 Å². The van der Waals surface area contributed by atoms with Gasteiger partial charge in [-0.05, 0) is 19.4 Å². The van der Waals surface area contributed by atoms with Gasteiger partial charge in [0.2, 0.25) is 5.91 Å². The Morgan fingerprint density at radius 1 is 1.62 bits per heavy atom. The largest absolute Gasteiger partial charge is 0.377 e. The van der Waals surface area contributed by atoms with Crippen molar-refractivity contribution in [1.82, 2.24) is 10.2 Å². The molecule has 0 aromatic rings. The number of carbonyl (C=O) groups excluding carboxylic acids is 2. The first kappa shape index (κ1) is 11.5. The second-order valence-corrected chi connectivity index (χ2v) is 4.50. The number of Topliss-reactive ketones (excluding diaryl/α,β-unsaturated/α-hetero) is 1. The number of hydrogen-bond donors (Lipinski definition) is 1. The van der Waals surface area contributed by atoms with Crippen molar-refractivity contribution in [3.63, 3.8) is 0 Å². The summed E-state index contributed by atoms with van der Waals surface area (Å²) < 4.78 is 4.82. The molecule has 5 heteroatoms. The number of ether oxygens (including phenoxy) is 1. The van der Waals surface area contributed by atoms with Gasteiger partial charge in [0, 0.05) is 19.7 Å². The molecular weight excluding hydrogens is 208 g/mol. The number of methoxy groups -OCH3 is 1. The summed E-state index contributed by atoms with van der Waals surface area (Å²) >= 11 is 0. The molecule has 1 amide bonds. The molecule has 2 rings (SSSR count). The normalized spacial score (nSPS) is 29.9. The smallest absolute Gasteiger partial charge is 0.224 e. The SMILES string of the molecule is COCC(=O)CN1CCCC2C(=O)NCC21. The van der Waals surface area contributed by atoms with Crippen LogP contribution in [0.5, 0.6) is 0 Å². The van der Waals surface area contributed by atoms with E-state index in [1.807, 2.05) is 0 Å². The van der Waals surface area contributed by atoms with Crippen molar-refractivity contribution < 1.29 is 14.3 Å². The highest BCUT2D eigenvalue weighted by atomic mass is 16.5. The summed E-state index contributed by atoms with van der Waals surface area (Å²) in [5.74, 6) is 0.320. The van der Waals surface area contributed by atoms with Gasteiger partial charge in [-0.15, -0.1) is 0 Å². The summed E-state index contributed by atoms with van der Waals surface area (Å²) in [5, 5.41) is 2.87. The lowest BCUT2D eigenvalue weighted by Crippen LogP contribution is -2.48. The van der Waals surface area contributed by atoms with E-state index >= 15 is 0 Å². The predicted molar refractivity (Wildman–Crippen MR) is 58.0 cm³/mol. The van der Waals surface area contributed by atoms with E-state index in [0.29, 0.717) is 13.1 Å². The van der Waals surface area contributed by atoms with Crippen LogP contribution >= 0.6 is 0 Å². The Balaban J connectivity index is 1.94. The van der Waals surface area contributed by atoms with E-state index in [9.17, 15) is 9.59 Å². The van der Waals surface area contributed by atoms with E-state index in [1.54, 1.807) is 0 Å². The maximum atomic E-state index is 11.5. The zero-order chi connectivity index (χ0) is 11.5. The lowest BCUT2D eigenvalue weighted by atomic mass is 9.91. The maximum Gasteiger partial charge on any atom is 0.224 e. The third kappa shape index (κ3) is 2.25. The fraction of sp³-hybridized carbons (Fsp3) is 0.818. The van der Waals surface area contributed by atoms with Gasteiger partial charge in [-0.2, -0.15) is 0 Å². The Morgan fingerprint density at radius 2 is 2.44 bits per heavy atom. The molecule has 2 saturated heterocycles. The highest BCUT2D eigenvalue weighted by Crippen LogP contribution is 2.26. The zero-order valence-electron chi connectivity index (χ0n) is 9.57. The van der Waals surface area contributed by atoms with Crippen molar-refractivity contribution in [1.29, 1.82) is 0 Å². The van der Waals surface area contributed by atoms with Gasteiger partial charge in [0.25, 0.3) is 0 Å². The summed E-state index contributed by atoms with van der Waals surface area (Å²) in [6, 6.07) is 0.210. The first-order valence-corrected chi connectivity index (χ1v) is 5.74. The predicted octanol–water partition coefficient (Wildman–Crippen LogP) is -0.588. The number of hydrogen-bond acceptors (Lipinski definition) is 4. The number of rotatable bonds is 4. The number of piperidine rings is 1. The van der Waals surface area contributed by atoms with Crippen LogP contribution in [0.2, 0.25) is 0 Å². The minimum absolute atomic E-state index is 0.0856. The van der Waals surface area contributed by atoms with Gasteiger partial charge >= 0.3 is 0 Å². The molecular formula is C11H18N2O3. The monoisotopic (exact) mass is 226 g/mol. The molecule has 0 spiro atoms. The number of amides is 1. The summed E-state index contributed by atoms with van der Waals surface area (Å²) in [5.41, 5.74) is 0. The van der Waals surface area contributed by atoms with Crippen LogP contribution in [0.1, 0.15) is 12.8 Å². The molecule has 5 nitrogen and oxygen atoms in total. The minimum atomic E-state index is 0.0856. The number of nitrogens with one attached hydrogen (secondary N) is 1. The Kier molecular flexibility index (Phi) is 3.56. The van der Waals surface area contributed by atoms with Crippen molar-refractivity contribution in [2.24, 2.45) is 5.92 Å². The average molecular weight is 226 g/mol. The van der Waals surface area contributed by atoms with E-state index in [0.717, 1.165) is 19.4 Å². The molecule has 2 unspecified atom stereocenters. The lowest BCUT2D eigenvalue weighted by Gasteiger charge is -2.35. The van der Waals surface area contributed by atoms with Crippen LogP contribution in [0.25, 0.3) is 0 Å². The topological polar surface area (TPSA) is 58.6 Å². The van der Waals surface area contributed by atoms with Crippen molar-refractivity contribution in [2.45, 2.75) is 18.9 Å². The second kappa shape index (κ2) is 4.93. The molecule has 0 aromatic heterocycles. The van der Waals surface area contributed by atoms with Crippen molar-refractivity contribution in [3.8, 4) is 0 Å². The summed E-state index contributed by atoms with van der Waals surface area (Å²) in [6.07, 6.45) is 1.94. The van der Waals surface area contributed by atoms with Crippen LogP contribution in [-0.2, 0) is 14.3 Å². The van der Waals surface area contributed by atoms with Crippen LogP contribution in [0.3, 0.4) is 0 Å². The highest BCUT2D eigenvalue weighted by molar-refractivity contribution is 5.83. The molecule has 0 aromatic carbocycles. The lowest BCUT2D eigenvalue weighted by molar-refractivity contribution is -0.127. The summed E-state index contributed by atoms with van der Waals surface area (Å²) in [7, 11) is 1.53. The number of carbonyl (C=O) groups is 2.